The Labute approximate surface area is 104 Å². The van der Waals surface area contributed by atoms with Gasteiger partial charge in [-0.25, -0.2) is 4.79 Å². The number of hydrogen-bond donors (Lipinski definition) is 2. The van der Waals surface area contributed by atoms with Gasteiger partial charge in [0, 0.05) is 18.5 Å². The normalized spacial score (nSPS) is 19.1. The van der Waals surface area contributed by atoms with Crippen molar-refractivity contribution in [3.8, 4) is 0 Å². The van der Waals surface area contributed by atoms with Crippen LogP contribution in [0.2, 0.25) is 0 Å². The summed E-state index contributed by atoms with van der Waals surface area (Å²) >= 11 is 0. The second kappa shape index (κ2) is 3.70. The van der Waals surface area contributed by atoms with Crippen LogP contribution in [0, 0.1) is 5.41 Å². The number of oxazole rings is 1. The Hall–Kier alpha value is -1.59. The summed E-state index contributed by atoms with van der Waals surface area (Å²) in [4.78, 5) is 11.4. The first-order valence-corrected chi connectivity index (χ1v) is 6.12. The van der Waals surface area contributed by atoms with Crippen LogP contribution in [0.3, 0.4) is 0 Å². The van der Waals surface area contributed by atoms with Gasteiger partial charge < -0.3 is 15.9 Å². The lowest BCUT2D eigenvalue weighted by Gasteiger charge is -2.21. The van der Waals surface area contributed by atoms with Crippen molar-refractivity contribution in [2.75, 3.05) is 6.54 Å². The summed E-state index contributed by atoms with van der Waals surface area (Å²) < 4.78 is 6.66. The summed E-state index contributed by atoms with van der Waals surface area (Å²) in [5.74, 6) is -0.351. The van der Waals surface area contributed by atoms with Crippen LogP contribution in [0.25, 0.3) is 11.1 Å². The first-order chi connectivity index (χ1) is 8.57. The van der Waals surface area contributed by atoms with Crippen LogP contribution < -0.4 is 17.2 Å². The lowest BCUT2D eigenvalue weighted by atomic mass is 9.91. The highest BCUT2D eigenvalue weighted by Gasteiger charge is 2.47. The zero-order chi connectivity index (χ0) is 12.9. The third-order valence-electron chi connectivity index (χ3n) is 4.13. The fourth-order valence-electron chi connectivity index (χ4n) is 2.50. The average molecular weight is 247 g/mol. The molecule has 1 aliphatic rings. The maximum absolute atomic E-state index is 11.4. The molecule has 1 fully saturated rings. The van der Waals surface area contributed by atoms with Gasteiger partial charge in [-0.1, -0.05) is 6.07 Å². The van der Waals surface area contributed by atoms with Gasteiger partial charge in [-0.2, -0.15) is 0 Å². The molecule has 5 nitrogen and oxygen atoms in total. The van der Waals surface area contributed by atoms with Crippen molar-refractivity contribution in [1.29, 1.82) is 0 Å². The Kier molecular flexibility index (Phi) is 2.36. The number of hydrogen-bond acceptors (Lipinski definition) is 4. The molecule has 1 aromatic heterocycles. The molecule has 2 aromatic rings. The van der Waals surface area contributed by atoms with Gasteiger partial charge in [0.2, 0.25) is 0 Å². The number of benzene rings is 1. The van der Waals surface area contributed by atoms with Crippen LogP contribution in [0.1, 0.15) is 24.4 Å². The molecule has 0 saturated heterocycles. The van der Waals surface area contributed by atoms with Crippen LogP contribution in [-0.4, -0.2) is 11.1 Å². The lowest BCUT2D eigenvalue weighted by Crippen LogP contribution is -2.29. The van der Waals surface area contributed by atoms with Crippen LogP contribution in [0.15, 0.2) is 27.4 Å². The van der Waals surface area contributed by atoms with E-state index in [2.05, 4.69) is 0 Å². The van der Waals surface area contributed by atoms with Crippen molar-refractivity contribution < 1.29 is 4.42 Å². The number of rotatable bonds is 3. The fourth-order valence-corrected chi connectivity index (χ4v) is 2.50. The van der Waals surface area contributed by atoms with Crippen molar-refractivity contribution in [2.45, 2.75) is 18.9 Å². The van der Waals surface area contributed by atoms with E-state index in [9.17, 15) is 4.79 Å². The summed E-state index contributed by atoms with van der Waals surface area (Å²) in [5, 5.41) is 0. The van der Waals surface area contributed by atoms with Crippen LogP contribution in [0.4, 0.5) is 0 Å². The molecule has 5 heteroatoms. The van der Waals surface area contributed by atoms with E-state index in [1.807, 2.05) is 18.2 Å². The van der Waals surface area contributed by atoms with E-state index in [1.54, 1.807) is 7.05 Å². The maximum Gasteiger partial charge on any atom is 0.419 e. The van der Waals surface area contributed by atoms with E-state index in [-0.39, 0.29) is 17.2 Å². The molecule has 18 heavy (non-hydrogen) atoms. The molecular formula is C13H17N3O2. The Balaban J connectivity index is 2.06. The minimum Gasteiger partial charge on any atom is -0.408 e. The van der Waals surface area contributed by atoms with Gasteiger partial charge in [-0.3, -0.25) is 4.57 Å². The smallest absolute Gasteiger partial charge is 0.408 e. The Morgan fingerprint density at radius 1 is 1.50 bits per heavy atom. The number of nitrogens with zero attached hydrogens (tertiary/aromatic N) is 1. The predicted octanol–water partition coefficient (Wildman–Crippen LogP) is 0.870. The van der Waals surface area contributed by atoms with Gasteiger partial charge in [0.05, 0.1) is 5.52 Å². The Bertz CT molecular complexity index is 652. The van der Waals surface area contributed by atoms with E-state index < -0.39 is 0 Å². The van der Waals surface area contributed by atoms with Gasteiger partial charge in [-0.05, 0) is 37.1 Å². The molecule has 1 atom stereocenters. The number of nitrogens with two attached hydrogens (primary N) is 2. The summed E-state index contributed by atoms with van der Waals surface area (Å²) in [7, 11) is 1.69. The summed E-state index contributed by atoms with van der Waals surface area (Å²) in [6.07, 6.45) is 2.14. The van der Waals surface area contributed by atoms with Crippen molar-refractivity contribution in [3.05, 3.63) is 34.3 Å². The molecule has 96 valence electrons. The third kappa shape index (κ3) is 1.51. The minimum absolute atomic E-state index is 0.0444. The summed E-state index contributed by atoms with van der Waals surface area (Å²) in [6.45, 7) is 0.602. The van der Waals surface area contributed by atoms with Gasteiger partial charge >= 0.3 is 5.76 Å². The minimum atomic E-state index is -0.351. The van der Waals surface area contributed by atoms with Crippen molar-refractivity contribution in [3.63, 3.8) is 0 Å². The first-order valence-electron chi connectivity index (χ1n) is 6.12. The molecule has 1 heterocycles. The zero-order valence-corrected chi connectivity index (χ0v) is 10.3. The second-order valence-electron chi connectivity index (χ2n) is 5.20. The zero-order valence-electron chi connectivity index (χ0n) is 10.3. The lowest BCUT2D eigenvalue weighted by molar-refractivity contribution is 0.419. The molecule has 1 unspecified atom stereocenters. The molecule has 3 rings (SSSR count). The molecule has 1 aliphatic carbocycles. The molecule has 0 spiro atoms. The van der Waals surface area contributed by atoms with Gasteiger partial charge in [0.1, 0.15) is 0 Å². The molecule has 1 aromatic carbocycles. The standard InChI is InChI=1S/C13H17N3O2/c1-16-9-3-2-8(6-10(9)18-12(16)17)11(15)13(7-14)4-5-13/h2-3,6,11H,4-5,7,14-15H2,1H3. The highest BCUT2D eigenvalue weighted by molar-refractivity contribution is 5.73. The van der Waals surface area contributed by atoms with Gasteiger partial charge in [0.15, 0.2) is 5.58 Å². The topological polar surface area (TPSA) is 87.2 Å². The number of aromatic nitrogens is 1. The van der Waals surface area contributed by atoms with E-state index in [0.717, 1.165) is 23.9 Å². The highest BCUT2D eigenvalue weighted by Crippen LogP contribution is 2.53. The van der Waals surface area contributed by atoms with Crippen molar-refractivity contribution >= 4 is 11.1 Å². The van der Waals surface area contributed by atoms with Crippen LogP contribution in [0.5, 0.6) is 0 Å². The number of fused-ring (bicyclic) bond motifs is 1. The average Bonchev–Trinajstić information content (AvgIpc) is 3.12. The van der Waals surface area contributed by atoms with E-state index in [0.29, 0.717) is 12.1 Å². The fraction of sp³-hybridized carbons (Fsp3) is 0.462. The molecule has 0 bridgehead atoms. The van der Waals surface area contributed by atoms with Crippen LogP contribution >= 0.6 is 0 Å². The quantitative estimate of drug-likeness (QED) is 0.842. The molecular weight excluding hydrogens is 230 g/mol. The highest BCUT2D eigenvalue weighted by atomic mass is 16.4. The van der Waals surface area contributed by atoms with Crippen LogP contribution in [-0.2, 0) is 7.05 Å². The summed E-state index contributed by atoms with van der Waals surface area (Å²) in [6, 6.07) is 5.61. The van der Waals surface area contributed by atoms with E-state index in [4.69, 9.17) is 15.9 Å². The maximum atomic E-state index is 11.4. The number of aryl methyl sites for hydroxylation is 1. The van der Waals surface area contributed by atoms with E-state index >= 15 is 0 Å². The van der Waals surface area contributed by atoms with Crippen molar-refractivity contribution in [1.82, 2.24) is 4.57 Å². The van der Waals surface area contributed by atoms with Crippen molar-refractivity contribution in [2.24, 2.45) is 23.9 Å². The van der Waals surface area contributed by atoms with Gasteiger partial charge in [0.25, 0.3) is 0 Å². The molecule has 1 saturated carbocycles. The summed E-state index contributed by atoms with van der Waals surface area (Å²) in [5.41, 5.74) is 14.5. The first kappa shape index (κ1) is 11.5. The molecule has 0 amide bonds. The largest absolute Gasteiger partial charge is 0.419 e. The molecule has 4 N–H and O–H groups in total. The SMILES string of the molecule is Cn1c(=O)oc2cc(C(N)C3(CN)CC3)ccc21. The molecule has 0 aliphatic heterocycles. The third-order valence-corrected chi connectivity index (χ3v) is 4.13. The monoisotopic (exact) mass is 247 g/mol. The Morgan fingerprint density at radius 2 is 2.22 bits per heavy atom. The molecule has 0 radical (unpaired) electrons. The van der Waals surface area contributed by atoms with E-state index in [1.165, 1.54) is 4.57 Å². The predicted molar refractivity (Wildman–Crippen MR) is 69.1 cm³/mol. The van der Waals surface area contributed by atoms with Gasteiger partial charge in [-0.15, -0.1) is 0 Å². The second-order valence-corrected chi connectivity index (χ2v) is 5.20. The Morgan fingerprint density at radius 3 is 2.83 bits per heavy atom.